The molecule has 1 N–H and O–H groups in total. The van der Waals surface area contributed by atoms with Gasteiger partial charge in [0, 0.05) is 24.5 Å². The van der Waals surface area contributed by atoms with E-state index in [9.17, 15) is 9.18 Å². The molecule has 0 aliphatic heterocycles. The first kappa shape index (κ1) is 14.0. The fraction of sp³-hybridized carbons (Fsp3) is 0.286. The van der Waals surface area contributed by atoms with Gasteiger partial charge in [0.1, 0.15) is 5.82 Å². The van der Waals surface area contributed by atoms with Gasteiger partial charge in [-0.3, -0.25) is 4.79 Å². The van der Waals surface area contributed by atoms with E-state index in [2.05, 4.69) is 9.97 Å². The number of aryl methyl sites for hydroxylation is 1. The molecule has 106 valence electrons. The fourth-order valence-corrected chi connectivity index (χ4v) is 1.86. The first-order chi connectivity index (χ1) is 9.51. The molecular formula is C14H16FN3O2. The molecule has 6 heteroatoms. The van der Waals surface area contributed by atoms with E-state index in [0.717, 1.165) is 5.69 Å². The van der Waals surface area contributed by atoms with Gasteiger partial charge in [0.15, 0.2) is 11.6 Å². The highest BCUT2D eigenvalue weighted by molar-refractivity contribution is 5.94. The Morgan fingerprint density at radius 2 is 2.25 bits per heavy atom. The van der Waals surface area contributed by atoms with Gasteiger partial charge in [0.2, 0.25) is 0 Å². The van der Waals surface area contributed by atoms with Crippen LogP contribution in [0.2, 0.25) is 0 Å². The summed E-state index contributed by atoms with van der Waals surface area (Å²) in [6.45, 7) is 2.22. The third-order valence-electron chi connectivity index (χ3n) is 2.89. The van der Waals surface area contributed by atoms with Gasteiger partial charge in [0.25, 0.3) is 5.91 Å². The number of imidazole rings is 1. The van der Waals surface area contributed by atoms with E-state index >= 15 is 0 Å². The van der Waals surface area contributed by atoms with Crippen LogP contribution in [-0.2, 0) is 6.54 Å². The zero-order chi connectivity index (χ0) is 14.7. The van der Waals surface area contributed by atoms with E-state index in [1.807, 2.05) is 6.92 Å². The number of halogens is 1. The molecular weight excluding hydrogens is 261 g/mol. The van der Waals surface area contributed by atoms with Crippen LogP contribution < -0.4 is 4.74 Å². The smallest absolute Gasteiger partial charge is 0.254 e. The van der Waals surface area contributed by atoms with Gasteiger partial charge in [0.05, 0.1) is 13.7 Å². The monoisotopic (exact) mass is 277 g/mol. The van der Waals surface area contributed by atoms with E-state index in [1.54, 1.807) is 13.2 Å². The molecule has 0 bridgehead atoms. The highest BCUT2D eigenvalue weighted by Crippen LogP contribution is 2.18. The van der Waals surface area contributed by atoms with Crippen LogP contribution >= 0.6 is 0 Å². The summed E-state index contributed by atoms with van der Waals surface area (Å²) in [5, 5.41) is 0. The Kier molecular flexibility index (Phi) is 4.02. The van der Waals surface area contributed by atoms with Crippen LogP contribution in [0.15, 0.2) is 24.4 Å². The summed E-state index contributed by atoms with van der Waals surface area (Å²) < 4.78 is 18.4. The van der Waals surface area contributed by atoms with Gasteiger partial charge in [-0.05, 0) is 25.1 Å². The molecule has 1 aromatic carbocycles. The molecule has 0 saturated heterocycles. The summed E-state index contributed by atoms with van der Waals surface area (Å²) in [5.74, 6) is -0.0283. The number of ether oxygens (including phenoxy) is 1. The zero-order valence-corrected chi connectivity index (χ0v) is 11.6. The maximum absolute atomic E-state index is 13.6. The van der Waals surface area contributed by atoms with Gasteiger partial charge in [-0.25, -0.2) is 9.37 Å². The number of hydrogen-bond donors (Lipinski definition) is 1. The lowest BCUT2D eigenvalue weighted by Crippen LogP contribution is -2.26. The van der Waals surface area contributed by atoms with Crippen molar-refractivity contribution in [3.05, 3.63) is 47.3 Å². The second-order valence-electron chi connectivity index (χ2n) is 4.52. The molecule has 1 aromatic heterocycles. The second-order valence-corrected chi connectivity index (χ2v) is 4.52. The van der Waals surface area contributed by atoms with Crippen molar-refractivity contribution in [1.29, 1.82) is 0 Å². The summed E-state index contributed by atoms with van der Waals surface area (Å²) in [6.07, 6.45) is 1.70. The Labute approximate surface area is 116 Å². The highest BCUT2D eigenvalue weighted by atomic mass is 19.1. The molecule has 0 saturated carbocycles. The van der Waals surface area contributed by atoms with Crippen molar-refractivity contribution in [3.63, 3.8) is 0 Å². The average Bonchev–Trinajstić information content (AvgIpc) is 2.83. The van der Waals surface area contributed by atoms with Gasteiger partial charge in [-0.1, -0.05) is 0 Å². The standard InChI is InChI=1S/C14H16FN3O2/c1-9-7-16-13(17-9)8-18(2)14(19)10-4-5-12(20-3)11(15)6-10/h4-7H,8H2,1-3H3,(H,16,17). The number of nitrogens with zero attached hydrogens (tertiary/aromatic N) is 2. The number of amides is 1. The number of aromatic nitrogens is 2. The van der Waals surface area contributed by atoms with E-state index in [0.29, 0.717) is 12.4 Å². The van der Waals surface area contributed by atoms with Crippen LogP contribution in [0.5, 0.6) is 5.75 Å². The molecule has 1 amide bonds. The van der Waals surface area contributed by atoms with Crippen LogP contribution in [0, 0.1) is 12.7 Å². The van der Waals surface area contributed by atoms with Gasteiger partial charge >= 0.3 is 0 Å². The quantitative estimate of drug-likeness (QED) is 0.931. The predicted octanol–water partition coefficient (Wildman–Crippen LogP) is 2.14. The van der Waals surface area contributed by atoms with Gasteiger partial charge < -0.3 is 14.6 Å². The number of hydrogen-bond acceptors (Lipinski definition) is 3. The Bertz CT molecular complexity index is 625. The maximum Gasteiger partial charge on any atom is 0.254 e. The molecule has 0 aliphatic rings. The molecule has 5 nitrogen and oxygen atoms in total. The minimum absolute atomic E-state index is 0.117. The van der Waals surface area contributed by atoms with Crippen LogP contribution in [-0.4, -0.2) is 34.9 Å². The first-order valence-electron chi connectivity index (χ1n) is 6.10. The van der Waals surface area contributed by atoms with Crippen LogP contribution in [0.3, 0.4) is 0 Å². The number of aromatic amines is 1. The molecule has 0 aliphatic carbocycles. The number of benzene rings is 1. The molecule has 0 unspecified atom stereocenters. The normalized spacial score (nSPS) is 10.4. The predicted molar refractivity (Wildman–Crippen MR) is 72.1 cm³/mol. The largest absolute Gasteiger partial charge is 0.494 e. The Hall–Kier alpha value is -2.37. The van der Waals surface area contributed by atoms with E-state index in [-0.39, 0.29) is 17.2 Å². The molecule has 0 atom stereocenters. The molecule has 20 heavy (non-hydrogen) atoms. The summed E-state index contributed by atoms with van der Waals surface area (Å²) in [6, 6.07) is 4.15. The van der Waals surface area contributed by atoms with Crippen molar-refractivity contribution in [1.82, 2.24) is 14.9 Å². The van der Waals surface area contributed by atoms with Gasteiger partial charge in [-0.15, -0.1) is 0 Å². The third-order valence-corrected chi connectivity index (χ3v) is 2.89. The van der Waals surface area contributed by atoms with Crippen molar-refractivity contribution in [2.45, 2.75) is 13.5 Å². The first-order valence-corrected chi connectivity index (χ1v) is 6.10. The summed E-state index contributed by atoms with van der Waals surface area (Å²) >= 11 is 0. The van der Waals surface area contributed by atoms with Gasteiger partial charge in [-0.2, -0.15) is 0 Å². The van der Waals surface area contributed by atoms with Crippen molar-refractivity contribution >= 4 is 5.91 Å². The minimum Gasteiger partial charge on any atom is -0.494 e. The fourth-order valence-electron chi connectivity index (χ4n) is 1.86. The maximum atomic E-state index is 13.6. The molecule has 1 heterocycles. The Morgan fingerprint density at radius 1 is 1.50 bits per heavy atom. The third kappa shape index (κ3) is 2.96. The number of carbonyl (C=O) groups excluding carboxylic acids is 1. The van der Waals surface area contributed by atoms with E-state index in [1.165, 1.54) is 30.2 Å². The number of H-pyrrole nitrogens is 1. The lowest BCUT2D eigenvalue weighted by molar-refractivity contribution is 0.0781. The van der Waals surface area contributed by atoms with Crippen LogP contribution in [0.4, 0.5) is 4.39 Å². The SMILES string of the molecule is COc1ccc(C(=O)N(C)Cc2ncc(C)[nH]2)cc1F. The molecule has 0 spiro atoms. The van der Waals surface area contributed by atoms with Crippen LogP contribution in [0.1, 0.15) is 21.9 Å². The van der Waals surface area contributed by atoms with E-state index in [4.69, 9.17) is 4.74 Å². The molecule has 0 fully saturated rings. The average molecular weight is 277 g/mol. The Balaban J connectivity index is 2.12. The lowest BCUT2D eigenvalue weighted by atomic mass is 10.2. The Morgan fingerprint density at radius 3 is 2.80 bits per heavy atom. The van der Waals surface area contributed by atoms with E-state index < -0.39 is 5.82 Å². The number of methoxy groups -OCH3 is 1. The lowest BCUT2D eigenvalue weighted by Gasteiger charge is -2.16. The van der Waals surface area contributed by atoms with Crippen LogP contribution in [0.25, 0.3) is 0 Å². The summed E-state index contributed by atoms with van der Waals surface area (Å²) in [4.78, 5) is 20.8. The summed E-state index contributed by atoms with van der Waals surface area (Å²) in [7, 11) is 3.02. The zero-order valence-electron chi connectivity index (χ0n) is 11.6. The summed E-state index contributed by atoms with van der Waals surface area (Å²) in [5.41, 5.74) is 1.20. The number of nitrogens with one attached hydrogen (secondary N) is 1. The molecule has 2 aromatic rings. The van der Waals surface area contributed by atoms with Crippen molar-refractivity contribution in [3.8, 4) is 5.75 Å². The molecule has 2 rings (SSSR count). The van der Waals surface area contributed by atoms with Crippen molar-refractivity contribution in [2.75, 3.05) is 14.2 Å². The van der Waals surface area contributed by atoms with Crippen molar-refractivity contribution < 1.29 is 13.9 Å². The highest BCUT2D eigenvalue weighted by Gasteiger charge is 2.15. The second kappa shape index (κ2) is 5.73. The number of rotatable bonds is 4. The number of carbonyl (C=O) groups is 1. The minimum atomic E-state index is -0.555. The van der Waals surface area contributed by atoms with Crippen molar-refractivity contribution in [2.24, 2.45) is 0 Å². The molecule has 0 radical (unpaired) electrons. The topological polar surface area (TPSA) is 58.2 Å².